The van der Waals surface area contributed by atoms with Crippen molar-refractivity contribution in [3.63, 3.8) is 0 Å². The second-order valence-corrected chi connectivity index (χ2v) is 12.5. The van der Waals surface area contributed by atoms with Crippen LogP contribution in [0.2, 0.25) is 0 Å². The molecule has 22 nitrogen and oxygen atoms in total. The van der Waals surface area contributed by atoms with Gasteiger partial charge in [-0.2, -0.15) is 16.8 Å². The molecule has 3 aliphatic rings. The average molecular weight is 693 g/mol. The van der Waals surface area contributed by atoms with Gasteiger partial charge in [-0.3, -0.25) is 18.2 Å². The molecule has 2 aliphatic heterocycles. The summed E-state index contributed by atoms with van der Waals surface area (Å²) < 4.78 is 85.9. The maximum Gasteiger partial charge on any atom is 0.394 e. The molecule has 0 radical (unpaired) electrons. The summed E-state index contributed by atoms with van der Waals surface area (Å²) >= 11 is 0. The van der Waals surface area contributed by atoms with Gasteiger partial charge in [-0.15, -0.1) is 0 Å². The smallest absolute Gasteiger partial charge is 0.391 e. The van der Waals surface area contributed by atoms with E-state index in [-0.39, 0.29) is 13.0 Å². The summed E-state index contributed by atoms with van der Waals surface area (Å²) in [5.41, 5.74) is 17.0. The van der Waals surface area contributed by atoms with Crippen molar-refractivity contribution in [2.75, 3.05) is 13.7 Å². The summed E-state index contributed by atoms with van der Waals surface area (Å²) in [6.45, 7) is 2.75. The van der Waals surface area contributed by atoms with Crippen LogP contribution in [0.25, 0.3) is 0 Å². The number of nitrogens with two attached hydrogens (primary N) is 3. The lowest BCUT2D eigenvalue weighted by molar-refractivity contribution is -0.319. The van der Waals surface area contributed by atoms with Crippen LogP contribution >= 0.6 is 0 Å². The van der Waals surface area contributed by atoms with Crippen molar-refractivity contribution in [2.45, 2.75) is 111 Å². The quantitative estimate of drug-likeness (QED) is 0.115. The minimum Gasteiger partial charge on any atom is -0.391 e. The molecule has 0 amide bonds. The molecular weight excluding hydrogens is 648 g/mol. The maximum absolute atomic E-state index is 11.1. The predicted molar refractivity (Wildman–Crippen MR) is 144 cm³/mol. The van der Waals surface area contributed by atoms with Crippen LogP contribution in [0.4, 0.5) is 0 Å². The Hall–Kier alpha value is -0.820. The van der Waals surface area contributed by atoms with Gasteiger partial charge in [0.2, 0.25) is 0 Å². The molecule has 15 atom stereocenters. The molecule has 0 spiro atoms. The van der Waals surface area contributed by atoms with E-state index < -0.39 is 112 Å². The third kappa shape index (κ3) is 12.4. The lowest BCUT2D eigenvalue weighted by atomic mass is 9.84. The van der Waals surface area contributed by atoms with Crippen molar-refractivity contribution in [3.05, 3.63) is 0 Å². The van der Waals surface area contributed by atoms with E-state index >= 15 is 0 Å². The molecule has 0 aromatic heterocycles. The van der Waals surface area contributed by atoms with Gasteiger partial charge in [0, 0.05) is 12.1 Å². The highest BCUT2D eigenvalue weighted by Gasteiger charge is 2.52. The van der Waals surface area contributed by atoms with E-state index in [1.807, 2.05) is 0 Å². The first-order chi connectivity index (χ1) is 19.8. The Morgan fingerprint density at radius 1 is 0.841 bits per heavy atom. The van der Waals surface area contributed by atoms with Crippen molar-refractivity contribution in [1.29, 1.82) is 0 Å². The van der Waals surface area contributed by atoms with E-state index in [4.69, 9.17) is 71.2 Å². The predicted octanol–water partition coefficient (Wildman–Crippen LogP) is -6.92. The molecule has 1 saturated carbocycles. The Balaban J connectivity index is 0.000000837. The van der Waals surface area contributed by atoms with Gasteiger partial charge < -0.3 is 72.1 Å². The standard InChI is InChI=1S/C20H40N4O10.2H2O4S/c1-6(25)14-11(27)10(26)9(23)18(32-14)33-15-7(21)4-8(22)16(12(15)28)34-19-13(29)17(24-3)20(2,30)5-31-19;2*1-5(2,3)4/h6-19,24-30H,4-5,21-23H2,1-3H3;2*(H2,1,2,3,4)/t6?,7-,8+,9+,10+,11-,12-,13+,14+,15+,16-,17+,18+,19+,20-;;/m0../s1. The lowest BCUT2D eigenvalue weighted by Gasteiger charge is -2.49. The molecule has 2 heterocycles. The Labute approximate surface area is 253 Å². The molecule has 0 aromatic carbocycles. The second-order valence-electron chi connectivity index (χ2n) is 10.7. The second kappa shape index (κ2) is 16.3. The summed E-state index contributed by atoms with van der Waals surface area (Å²) in [7, 11) is -7.76. The molecule has 17 N–H and O–H groups in total. The van der Waals surface area contributed by atoms with Gasteiger partial charge in [0.25, 0.3) is 0 Å². The first kappa shape index (κ1) is 41.2. The van der Waals surface area contributed by atoms with Gasteiger partial charge in [-0.1, -0.05) is 0 Å². The van der Waals surface area contributed by atoms with Crippen LogP contribution in [0, 0.1) is 0 Å². The van der Waals surface area contributed by atoms with Gasteiger partial charge in [-0.25, -0.2) is 0 Å². The summed E-state index contributed by atoms with van der Waals surface area (Å²) in [4.78, 5) is 0. The molecule has 264 valence electrons. The highest BCUT2D eigenvalue weighted by atomic mass is 32.3. The monoisotopic (exact) mass is 692 g/mol. The third-order valence-electron chi connectivity index (χ3n) is 6.95. The first-order valence-corrected chi connectivity index (χ1v) is 15.6. The molecule has 0 aromatic rings. The fourth-order valence-electron chi connectivity index (χ4n) is 4.95. The van der Waals surface area contributed by atoms with Crippen molar-refractivity contribution < 1.29 is 84.6 Å². The Kier molecular flexibility index (Phi) is 15.3. The van der Waals surface area contributed by atoms with Gasteiger partial charge in [-0.05, 0) is 27.3 Å². The average Bonchev–Trinajstić information content (AvgIpc) is 2.83. The summed E-state index contributed by atoms with van der Waals surface area (Å²) in [6, 6.07) is -3.47. The molecular formula is C20H44N4O18S2. The van der Waals surface area contributed by atoms with Crippen LogP contribution in [0.1, 0.15) is 20.3 Å². The number of hydrogen-bond acceptors (Lipinski definition) is 18. The van der Waals surface area contributed by atoms with E-state index in [1.54, 1.807) is 7.05 Å². The van der Waals surface area contributed by atoms with Crippen molar-refractivity contribution in [1.82, 2.24) is 5.32 Å². The van der Waals surface area contributed by atoms with Crippen molar-refractivity contribution in [3.8, 4) is 0 Å². The van der Waals surface area contributed by atoms with E-state index in [2.05, 4.69) is 5.32 Å². The zero-order chi connectivity index (χ0) is 34.5. The molecule has 0 bridgehead atoms. The number of aliphatic hydroxyl groups excluding tert-OH is 5. The number of aliphatic hydroxyl groups is 6. The number of rotatable bonds is 6. The number of ether oxygens (including phenoxy) is 4. The molecule has 3 fully saturated rings. The minimum absolute atomic E-state index is 0.135. The normalized spacial score (nSPS) is 44.0. The third-order valence-corrected chi connectivity index (χ3v) is 6.95. The van der Waals surface area contributed by atoms with Crippen LogP contribution in [0.3, 0.4) is 0 Å². The van der Waals surface area contributed by atoms with Gasteiger partial charge in [0.05, 0.1) is 24.8 Å². The number of hydrogen-bond donors (Lipinski definition) is 14. The zero-order valence-electron chi connectivity index (χ0n) is 23.8. The van der Waals surface area contributed by atoms with Crippen LogP contribution in [0.15, 0.2) is 0 Å². The Morgan fingerprint density at radius 3 is 1.68 bits per heavy atom. The van der Waals surface area contributed by atoms with Crippen LogP contribution < -0.4 is 22.5 Å². The largest absolute Gasteiger partial charge is 0.394 e. The van der Waals surface area contributed by atoms with Crippen LogP contribution in [-0.4, -0.2) is 171 Å². The maximum atomic E-state index is 11.1. The molecule has 2 saturated heterocycles. The van der Waals surface area contributed by atoms with Crippen molar-refractivity contribution >= 4 is 20.8 Å². The van der Waals surface area contributed by atoms with E-state index in [0.29, 0.717) is 0 Å². The zero-order valence-corrected chi connectivity index (χ0v) is 25.4. The van der Waals surface area contributed by atoms with Gasteiger partial charge in [0.1, 0.15) is 48.3 Å². The van der Waals surface area contributed by atoms with Crippen molar-refractivity contribution in [2.24, 2.45) is 17.2 Å². The highest BCUT2D eigenvalue weighted by Crippen LogP contribution is 2.32. The summed E-state index contributed by atoms with van der Waals surface area (Å²) in [5, 5.41) is 65.2. The van der Waals surface area contributed by atoms with E-state index in [9.17, 15) is 30.6 Å². The van der Waals surface area contributed by atoms with Gasteiger partial charge >= 0.3 is 20.8 Å². The van der Waals surface area contributed by atoms with E-state index in [1.165, 1.54) is 13.8 Å². The van der Waals surface area contributed by atoms with E-state index in [0.717, 1.165) is 0 Å². The molecule has 1 unspecified atom stereocenters. The molecule has 1 aliphatic carbocycles. The first-order valence-electron chi connectivity index (χ1n) is 12.8. The number of likely N-dealkylation sites (N-methyl/N-ethyl adjacent to an activating group) is 1. The SMILES string of the molecule is CN[C@@H]1[C@@H](O)[C@@H](O[C@@H]2[C@@H](O)[C@H](O[C@H]3O[C@H](C(C)O)[C@@H](O)[C@H](O)[C@H]3N)[C@@H](N)C[C@H]2N)OC[C@]1(C)O.O=S(=O)(O)O.O=S(=O)(O)O. The lowest BCUT2D eigenvalue weighted by Crippen LogP contribution is -2.69. The van der Waals surface area contributed by atoms with Crippen LogP contribution in [0.5, 0.6) is 0 Å². The Bertz CT molecular complexity index is 1050. The minimum atomic E-state index is -4.67. The topological polar surface area (TPSA) is 398 Å². The fraction of sp³-hybridized carbons (Fsp3) is 1.00. The molecule has 44 heavy (non-hydrogen) atoms. The van der Waals surface area contributed by atoms with Gasteiger partial charge in [0.15, 0.2) is 12.6 Å². The Morgan fingerprint density at radius 2 is 1.27 bits per heavy atom. The fourth-order valence-corrected chi connectivity index (χ4v) is 4.95. The highest BCUT2D eigenvalue weighted by molar-refractivity contribution is 7.80. The summed E-state index contributed by atoms with van der Waals surface area (Å²) in [6.07, 6.45) is -12.4. The summed E-state index contributed by atoms with van der Waals surface area (Å²) in [5.74, 6) is 0. The molecule has 24 heteroatoms. The number of nitrogens with one attached hydrogen (secondary N) is 1. The molecule has 3 rings (SSSR count). The van der Waals surface area contributed by atoms with Crippen LogP contribution in [-0.2, 0) is 39.7 Å².